The number of primary amides is 1. The van der Waals surface area contributed by atoms with Crippen LogP contribution in [0.25, 0.3) is 11.0 Å². The topological polar surface area (TPSA) is 146 Å². The Hall–Kier alpha value is -3.20. The van der Waals surface area contributed by atoms with Crippen molar-refractivity contribution in [2.45, 2.75) is 65.0 Å². The van der Waals surface area contributed by atoms with E-state index in [0.29, 0.717) is 30.3 Å². The first-order chi connectivity index (χ1) is 14.8. The number of benzene rings is 1. The van der Waals surface area contributed by atoms with Crippen LogP contribution in [0.15, 0.2) is 33.5 Å². The van der Waals surface area contributed by atoms with Gasteiger partial charge >= 0.3 is 11.6 Å². The van der Waals surface area contributed by atoms with Crippen molar-refractivity contribution in [2.24, 2.45) is 11.5 Å². The second-order valence-electron chi connectivity index (χ2n) is 8.76. The lowest BCUT2D eigenvalue weighted by atomic mass is 9.88. The van der Waals surface area contributed by atoms with Crippen LogP contribution < -0.4 is 22.0 Å². The van der Waals surface area contributed by atoms with Gasteiger partial charge in [0.1, 0.15) is 11.2 Å². The monoisotopic (exact) mass is 445 g/mol. The molecule has 1 aromatic carbocycles. The summed E-state index contributed by atoms with van der Waals surface area (Å²) in [5.41, 5.74) is 8.85. The second kappa shape index (κ2) is 9.52. The molecule has 32 heavy (non-hydrogen) atoms. The molecule has 9 heteroatoms. The van der Waals surface area contributed by atoms with Gasteiger partial charge in [0.15, 0.2) is 0 Å². The van der Waals surface area contributed by atoms with E-state index in [1.807, 2.05) is 0 Å². The van der Waals surface area contributed by atoms with E-state index in [1.165, 1.54) is 19.1 Å². The molecular weight excluding hydrogens is 414 g/mol. The maximum absolute atomic E-state index is 13.4. The molecule has 174 valence electrons. The van der Waals surface area contributed by atoms with Crippen LogP contribution in [0.1, 0.15) is 52.5 Å². The van der Waals surface area contributed by atoms with Gasteiger partial charge in [-0.2, -0.15) is 0 Å². The van der Waals surface area contributed by atoms with Crippen molar-refractivity contribution < 1.29 is 23.5 Å². The van der Waals surface area contributed by atoms with Gasteiger partial charge in [-0.3, -0.25) is 14.5 Å². The fourth-order valence-electron chi connectivity index (χ4n) is 3.65. The van der Waals surface area contributed by atoms with Crippen LogP contribution >= 0.6 is 0 Å². The Balaban J connectivity index is 2.77. The quantitative estimate of drug-likeness (QED) is 0.274. The molecule has 0 aliphatic rings. The summed E-state index contributed by atoms with van der Waals surface area (Å²) < 4.78 is 10.8. The van der Waals surface area contributed by atoms with E-state index in [2.05, 4.69) is 0 Å². The van der Waals surface area contributed by atoms with E-state index >= 15 is 0 Å². The predicted molar refractivity (Wildman–Crippen MR) is 121 cm³/mol. The van der Waals surface area contributed by atoms with E-state index in [4.69, 9.17) is 20.6 Å². The fourth-order valence-corrected chi connectivity index (χ4v) is 3.65. The molecule has 0 fully saturated rings. The average Bonchev–Trinajstić information content (AvgIpc) is 2.64. The van der Waals surface area contributed by atoms with Crippen molar-refractivity contribution in [3.8, 4) is 0 Å². The van der Waals surface area contributed by atoms with Gasteiger partial charge in [-0.1, -0.05) is 0 Å². The molecule has 0 unspecified atom stereocenters. The number of esters is 1. The highest BCUT2D eigenvalue weighted by molar-refractivity contribution is 6.16. The third-order valence-corrected chi connectivity index (χ3v) is 5.03. The lowest BCUT2D eigenvalue weighted by molar-refractivity contribution is -0.165. The molecule has 0 aliphatic heterocycles. The van der Waals surface area contributed by atoms with Gasteiger partial charge in [0, 0.05) is 30.1 Å². The van der Waals surface area contributed by atoms with Crippen LogP contribution in [0.2, 0.25) is 0 Å². The summed E-state index contributed by atoms with van der Waals surface area (Å²) in [6.07, 6.45) is 0.781. The highest BCUT2D eigenvalue weighted by Gasteiger charge is 2.53. The number of carbonyl (C=O) groups excluding carboxylic acids is 3. The summed E-state index contributed by atoms with van der Waals surface area (Å²) in [6, 6.07) is 6.02. The standard InChI is InChI=1S/C23H31N3O6/c1-14-12-19(28)31-18-13-16(8-9-17(14)18)26(15(2)27)23(20(25)29,10-6-7-11-24)21(30)32-22(3,4)5/h8-9,12-13H,6-7,10-11,24H2,1-5H3,(H2,25,29)/t23-/m0/s1. The van der Waals surface area contributed by atoms with Gasteiger partial charge in [-0.15, -0.1) is 0 Å². The predicted octanol–water partition coefficient (Wildman–Crippen LogP) is 2.15. The normalized spacial score (nSPS) is 13.4. The molecular formula is C23H31N3O6. The number of ether oxygens (including phenoxy) is 1. The van der Waals surface area contributed by atoms with Crippen molar-refractivity contribution in [1.29, 1.82) is 0 Å². The van der Waals surface area contributed by atoms with Crippen molar-refractivity contribution in [1.82, 2.24) is 0 Å². The van der Waals surface area contributed by atoms with Crippen LogP contribution in [-0.2, 0) is 19.1 Å². The number of carbonyl (C=O) groups is 3. The van der Waals surface area contributed by atoms with Crippen molar-refractivity contribution in [2.75, 3.05) is 11.4 Å². The molecule has 2 rings (SSSR count). The average molecular weight is 446 g/mol. The van der Waals surface area contributed by atoms with Gasteiger partial charge in [-0.05, 0) is 71.2 Å². The van der Waals surface area contributed by atoms with E-state index in [1.54, 1.807) is 39.8 Å². The molecule has 0 spiro atoms. The van der Waals surface area contributed by atoms with Crippen molar-refractivity contribution >= 4 is 34.4 Å². The minimum Gasteiger partial charge on any atom is -0.458 e. The minimum atomic E-state index is -2.11. The molecule has 0 radical (unpaired) electrons. The first kappa shape index (κ1) is 25.1. The smallest absolute Gasteiger partial charge is 0.342 e. The van der Waals surface area contributed by atoms with Gasteiger partial charge in [0.2, 0.25) is 11.4 Å². The maximum atomic E-state index is 13.4. The summed E-state index contributed by atoms with van der Waals surface area (Å²) in [5, 5.41) is 0.655. The molecule has 2 amide bonds. The van der Waals surface area contributed by atoms with E-state index in [9.17, 15) is 19.2 Å². The number of hydrogen-bond acceptors (Lipinski definition) is 7. The Morgan fingerprint density at radius 1 is 1.12 bits per heavy atom. The number of aryl methyl sites for hydroxylation is 1. The largest absolute Gasteiger partial charge is 0.458 e. The number of nitrogens with zero attached hydrogens (tertiary/aromatic N) is 1. The summed E-state index contributed by atoms with van der Waals surface area (Å²) in [4.78, 5) is 52.0. The molecule has 1 aromatic heterocycles. The maximum Gasteiger partial charge on any atom is 0.342 e. The second-order valence-corrected chi connectivity index (χ2v) is 8.76. The lowest BCUT2D eigenvalue weighted by Gasteiger charge is -2.40. The molecule has 0 aliphatic carbocycles. The fraction of sp³-hybridized carbons (Fsp3) is 0.478. The SMILES string of the molecule is CC(=O)N(c1ccc2c(C)cc(=O)oc2c1)[C@@](CCCCN)(C(N)=O)C(=O)OC(C)(C)C. The molecule has 0 saturated carbocycles. The number of nitrogens with two attached hydrogens (primary N) is 2. The summed E-state index contributed by atoms with van der Waals surface area (Å²) >= 11 is 0. The number of amides is 2. The Morgan fingerprint density at radius 2 is 1.78 bits per heavy atom. The summed E-state index contributed by atoms with van der Waals surface area (Å²) in [6.45, 7) is 8.28. The molecule has 0 bridgehead atoms. The molecule has 1 atom stereocenters. The number of hydrogen-bond donors (Lipinski definition) is 2. The van der Waals surface area contributed by atoms with E-state index in [-0.39, 0.29) is 17.7 Å². The summed E-state index contributed by atoms with van der Waals surface area (Å²) in [7, 11) is 0. The highest BCUT2D eigenvalue weighted by Crippen LogP contribution is 2.34. The molecule has 0 saturated heterocycles. The van der Waals surface area contributed by atoms with Gasteiger partial charge < -0.3 is 20.6 Å². The third kappa shape index (κ3) is 5.16. The van der Waals surface area contributed by atoms with Gasteiger partial charge in [0.25, 0.3) is 5.91 Å². The molecule has 2 aromatic rings. The first-order valence-electron chi connectivity index (χ1n) is 10.4. The van der Waals surface area contributed by atoms with Crippen LogP contribution in [0.3, 0.4) is 0 Å². The highest BCUT2D eigenvalue weighted by atomic mass is 16.6. The zero-order valence-electron chi connectivity index (χ0n) is 19.2. The number of unbranched alkanes of at least 4 members (excludes halogenated alkanes) is 1. The van der Waals surface area contributed by atoms with Crippen molar-refractivity contribution in [3.63, 3.8) is 0 Å². The Labute approximate surface area is 186 Å². The van der Waals surface area contributed by atoms with Crippen LogP contribution in [0.4, 0.5) is 5.69 Å². The van der Waals surface area contributed by atoms with Crippen LogP contribution in [0.5, 0.6) is 0 Å². The van der Waals surface area contributed by atoms with E-state index in [0.717, 1.165) is 4.90 Å². The molecule has 4 N–H and O–H groups in total. The zero-order chi connectivity index (χ0) is 24.3. The minimum absolute atomic E-state index is 0.0795. The van der Waals surface area contributed by atoms with Crippen LogP contribution in [0, 0.1) is 6.92 Å². The first-order valence-corrected chi connectivity index (χ1v) is 10.4. The molecule has 9 nitrogen and oxygen atoms in total. The summed E-state index contributed by atoms with van der Waals surface area (Å²) in [5.74, 6) is -2.56. The number of rotatable bonds is 8. The number of fused-ring (bicyclic) bond motifs is 1. The van der Waals surface area contributed by atoms with Crippen LogP contribution in [-0.4, -0.2) is 35.5 Å². The Morgan fingerprint density at radius 3 is 2.31 bits per heavy atom. The van der Waals surface area contributed by atoms with Gasteiger partial charge in [-0.25, -0.2) is 9.59 Å². The Bertz CT molecular complexity index is 1090. The molecule has 1 heterocycles. The Kier molecular flexibility index (Phi) is 7.46. The van der Waals surface area contributed by atoms with E-state index < -0.39 is 34.5 Å². The van der Waals surface area contributed by atoms with Crippen molar-refractivity contribution in [3.05, 3.63) is 40.2 Å². The third-order valence-electron chi connectivity index (χ3n) is 5.03. The lowest BCUT2D eigenvalue weighted by Crippen LogP contribution is -2.66. The number of anilines is 1. The zero-order valence-corrected chi connectivity index (χ0v) is 19.2. The van der Waals surface area contributed by atoms with Gasteiger partial charge in [0.05, 0.1) is 0 Å².